The number of nitrogens with one attached hydrogen (secondary N) is 2. The molecule has 1 saturated carbocycles. The number of amides is 1. The van der Waals surface area contributed by atoms with Crippen LogP contribution in [-0.4, -0.2) is 12.5 Å². The fourth-order valence-electron chi connectivity index (χ4n) is 3.58. The van der Waals surface area contributed by atoms with Crippen molar-refractivity contribution in [3.05, 3.63) is 16.0 Å². The van der Waals surface area contributed by atoms with E-state index in [0.717, 1.165) is 30.1 Å². The van der Waals surface area contributed by atoms with Crippen LogP contribution in [0.5, 0.6) is 0 Å². The minimum Gasteiger partial charge on any atom is -0.316 e. The zero-order chi connectivity index (χ0) is 15.4. The number of anilines is 1. The molecule has 0 bridgehead atoms. The average Bonchev–Trinajstić information content (AvgIpc) is 2.69. The van der Waals surface area contributed by atoms with Gasteiger partial charge in [0.1, 0.15) is 11.1 Å². The molecule has 1 amide bonds. The molecule has 0 atom stereocenters. The predicted octanol–water partition coefficient (Wildman–Crippen LogP) is 2.89. The largest absolute Gasteiger partial charge is 0.316 e. The molecule has 0 spiro atoms. The third-order valence-electron chi connectivity index (χ3n) is 5.56. The zero-order valence-electron chi connectivity index (χ0n) is 13.0. The van der Waals surface area contributed by atoms with Crippen molar-refractivity contribution in [1.29, 1.82) is 5.26 Å². The molecule has 0 unspecified atom stereocenters. The Morgan fingerprint density at radius 3 is 2.62 bits per heavy atom. The van der Waals surface area contributed by atoms with Gasteiger partial charge in [0, 0.05) is 17.3 Å². The summed E-state index contributed by atoms with van der Waals surface area (Å²) in [5.41, 5.74) is 1.82. The van der Waals surface area contributed by atoms with Crippen LogP contribution in [0.1, 0.15) is 43.7 Å². The number of hydrogen-bond donors (Lipinski definition) is 2. The van der Waals surface area contributed by atoms with Gasteiger partial charge in [-0.15, -0.1) is 11.3 Å². The Bertz CT molecular complexity index is 637. The van der Waals surface area contributed by atoms with Crippen LogP contribution < -0.4 is 10.6 Å². The number of nitrogens with zero attached hydrogens (tertiary/aromatic N) is 1. The Labute approximate surface area is 129 Å². The fourth-order valence-corrected chi connectivity index (χ4v) is 4.75. The lowest BCUT2D eigenvalue weighted by Gasteiger charge is -2.11. The van der Waals surface area contributed by atoms with Crippen LogP contribution in [0, 0.1) is 28.1 Å². The van der Waals surface area contributed by atoms with Crippen LogP contribution in [-0.2, 0) is 17.8 Å². The van der Waals surface area contributed by atoms with E-state index in [1.165, 1.54) is 4.88 Å². The molecule has 2 aliphatic rings. The lowest BCUT2D eigenvalue weighted by Crippen LogP contribution is -2.22. The van der Waals surface area contributed by atoms with Gasteiger partial charge in [-0.25, -0.2) is 0 Å². The quantitative estimate of drug-likeness (QED) is 0.883. The number of fused-ring (bicyclic) bond motifs is 1. The first-order valence-electron chi connectivity index (χ1n) is 7.37. The molecule has 1 aliphatic heterocycles. The first-order valence-corrected chi connectivity index (χ1v) is 8.18. The number of thiophene rings is 1. The fraction of sp³-hybridized carbons (Fsp3) is 0.625. The van der Waals surface area contributed by atoms with E-state index in [9.17, 15) is 10.1 Å². The van der Waals surface area contributed by atoms with Gasteiger partial charge < -0.3 is 10.6 Å². The summed E-state index contributed by atoms with van der Waals surface area (Å²) < 4.78 is 0. The monoisotopic (exact) mass is 303 g/mol. The minimum absolute atomic E-state index is 0.00814. The highest BCUT2D eigenvalue weighted by atomic mass is 32.1. The van der Waals surface area contributed by atoms with Crippen LogP contribution in [0.15, 0.2) is 0 Å². The van der Waals surface area contributed by atoms with E-state index >= 15 is 0 Å². The molecule has 0 radical (unpaired) electrons. The van der Waals surface area contributed by atoms with Crippen molar-refractivity contribution < 1.29 is 4.79 Å². The van der Waals surface area contributed by atoms with Crippen LogP contribution in [0.4, 0.5) is 5.00 Å². The lowest BCUT2D eigenvalue weighted by molar-refractivity contribution is -0.118. The van der Waals surface area contributed by atoms with Crippen LogP contribution in [0.25, 0.3) is 0 Å². The Morgan fingerprint density at radius 2 is 2.05 bits per heavy atom. The molecule has 1 aromatic heterocycles. The van der Waals surface area contributed by atoms with Gasteiger partial charge in [-0.3, -0.25) is 4.79 Å². The van der Waals surface area contributed by atoms with Crippen molar-refractivity contribution in [3.63, 3.8) is 0 Å². The van der Waals surface area contributed by atoms with Gasteiger partial charge in [0.15, 0.2) is 0 Å². The maximum atomic E-state index is 12.6. The van der Waals surface area contributed by atoms with Crippen molar-refractivity contribution >= 4 is 22.2 Å². The van der Waals surface area contributed by atoms with E-state index in [0.29, 0.717) is 5.56 Å². The molecule has 0 saturated heterocycles. The SMILES string of the molecule is CC1(C)C(C(=O)Nc2sc3c(c2C#N)CCNC3)C1(C)C. The summed E-state index contributed by atoms with van der Waals surface area (Å²) in [5, 5.41) is 16.5. The second-order valence-electron chi connectivity index (χ2n) is 7.11. The highest BCUT2D eigenvalue weighted by Crippen LogP contribution is 2.68. The predicted molar refractivity (Wildman–Crippen MR) is 84.1 cm³/mol. The molecule has 2 heterocycles. The summed E-state index contributed by atoms with van der Waals surface area (Å²) in [5.74, 6) is 0.0573. The van der Waals surface area contributed by atoms with Gasteiger partial charge in [0.05, 0.1) is 5.56 Å². The van der Waals surface area contributed by atoms with E-state index in [1.54, 1.807) is 11.3 Å². The molecule has 1 aromatic rings. The van der Waals surface area contributed by atoms with Crippen molar-refractivity contribution in [2.75, 3.05) is 11.9 Å². The molecule has 1 fully saturated rings. The Hall–Kier alpha value is -1.38. The third-order valence-corrected chi connectivity index (χ3v) is 6.71. The van der Waals surface area contributed by atoms with E-state index in [4.69, 9.17) is 0 Å². The molecular weight excluding hydrogens is 282 g/mol. The van der Waals surface area contributed by atoms with Crippen molar-refractivity contribution in [1.82, 2.24) is 5.32 Å². The molecule has 3 rings (SSSR count). The molecule has 5 heteroatoms. The number of carbonyl (C=O) groups excluding carboxylic acids is 1. The van der Waals surface area contributed by atoms with Crippen LogP contribution in [0.2, 0.25) is 0 Å². The van der Waals surface area contributed by atoms with Gasteiger partial charge >= 0.3 is 0 Å². The maximum Gasteiger partial charge on any atom is 0.229 e. The molecule has 112 valence electrons. The topological polar surface area (TPSA) is 64.9 Å². The highest BCUT2D eigenvalue weighted by Gasteiger charge is 2.68. The van der Waals surface area contributed by atoms with Gasteiger partial charge in [-0.2, -0.15) is 5.26 Å². The number of nitriles is 1. The van der Waals surface area contributed by atoms with E-state index in [1.807, 2.05) is 0 Å². The Kier molecular flexibility index (Phi) is 3.16. The summed E-state index contributed by atoms with van der Waals surface area (Å²) >= 11 is 1.54. The average molecular weight is 303 g/mol. The van der Waals surface area contributed by atoms with Crippen molar-refractivity contribution in [3.8, 4) is 6.07 Å². The summed E-state index contributed by atoms with van der Waals surface area (Å²) in [7, 11) is 0. The zero-order valence-corrected chi connectivity index (χ0v) is 13.8. The lowest BCUT2D eigenvalue weighted by atomic mass is 10.0. The second kappa shape index (κ2) is 4.56. The van der Waals surface area contributed by atoms with Crippen molar-refractivity contribution in [2.24, 2.45) is 16.7 Å². The highest BCUT2D eigenvalue weighted by molar-refractivity contribution is 7.16. The number of rotatable bonds is 2. The third kappa shape index (κ3) is 2.01. The Morgan fingerprint density at radius 1 is 1.38 bits per heavy atom. The van der Waals surface area contributed by atoms with Gasteiger partial charge in [-0.05, 0) is 29.4 Å². The second-order valence-corrected chi connectivity index (χ2v) is 8.22. The summed E-state index contributed by atoms with van der Waals surface area (Å²) in [6.07, 6.45) is 0.866. The molecular formula is C16H21N3OS. The number of hydrogen-bond acceptors (Lipinski definition) is 4. The maximum absolute atomic E-state index is 12.6. The van der Waals surface area contributed by atoms with Gasteiger partial charge in [0.25, 0.3) is 0 Å². The van der Waals surface area contributed by atoms with E-state index < -0.39 is 0 Å². The van der Waals surface area contributed by atoms with Crippen molar-refractivity contribution in [2.45, 2.75) is 40.7 Å². The molecule has 1 aliphatic carbocycles. The molecule has 2 N–H and O–H groups in total. The summed E-state index contributed by atoms with van der Waals surface area (Å²) in [6.45, 7) is 10.2. The van der Waals surface area contributed by atoms with E-state index in [-0.39, 0.29) is 22.7 Å². The molecule has 0 aromatic carbocycles. The van der Waals surface area contributed by atoms with Crippen LogP contribution >= 0.6 is 11.3 Å². The van der Waals surface area contributed by atoms with E-state index in [2.05, 4.69) is 44.4 Å². The first-order chi connectivity index (χ1) is 9.80. The first kappa shape index (κ1) is 14.6. The smallest absolute Gasteiger partial charge is 0.229 e. The molecule has 21 heavy (non-hydrogen) atoms. The standard InChI is InChI=1S/C16H21N3OS/c1-15(2)12(16(15,3)4)13(20)19-14-10(7-17)9-5-6-18-8-11(9)21-14/h12,18H,5-6,8H2,1-4H3,(H,19,20). The van der Waals surface area contributed by atoms with Gasteiger partial charge in [-0.1, -0.05) is 27.7 Å². The van der Waals surface area contributed by atoms with Crippen LogP contribution in [0.3, 0.4) is 0 Å². The van der Waals surface area contributed by atoms with Gasteiger partial charge in [0.2, 0.25) is 5.91 Å². The minimum atomic E-state index is 0.00814. The molecule has 4 nitrogen and oxygen atoms in total. The normalized spacial score (nSPS) is 22.2. The number of carbonyl (C=O) groups is 1. The Balaban J connectivity index is 1.85. The summed E-state index contributed by atoms with van der Waals surface area (Å²) in [4.78, 5) is 13.7. The summed E-state index contributed by atoms with van der Waals surface area (Å²) in [6, 6.07) is 2.28.